The van der Waals surface area contributed by atoms with Crippen LogP contribution in [0.2, 0.25) is 0 Å². The van der Waals surface area contributed by atoms with Crippen LogP contribution in [0.4, 0.5) is 29.2 Å². The van der Waals surface area contributed by atoms with Gasteiger partial charge in [0.25, 0.3) is 5.91 Å². The molecule has 0 radical (unpaired) electrons. The Morgan fingerprint density at radius 1 is 1.06 bits per heavy atom. The second-order valence-electron chi connectivity index (χ2n) is 12.5. The molecule has 0 spiro atoms. The topological polar surface area (TPSA) is 123 Å². The van der Waals surface area contributed by atoms with E-state index in [1.165, 1.54) is 31.4 Å². The van der Waals surface area contributed by atoms with Crippen molar-refractivity contribution in [3.63, 3.8) is 0 Å². The molecule has 260 valence electrons. The number of nitrogens with two attached hydrogens (primary N) is 1. The standard InChI is InChI=1S/C35H34F4N8O3/c1-20-19-50-28(18-47(20)25-16-45(17-25)15-21-3-6-24(36)7-4-21)33-44-30(31-32(40)42-11-12-46(31)33)26-8-5-22(13-27(26)49-2)34(48)43-29-14-23(9-10-41-29)35(37,38)39/h3-14,20,25,28H,15-19H2,1-2H3,(H2,40,42)(H,41,43,48)/t20-,28+/m0/s1. The maximum absolute atomic E-state index is 13.4. The number of nitrogens with zero attached hydrogens (tertiary/aromatic N) is 6. The lowest BCUT2D eigenvalue weighted by Crippen LogP contribution is -2.63. The number of nitrogens with one attached hydrogen (secondary N) is 1. The molecule has 3 aromatic heterocycles. The SMILES string of the molecule is COc1cc(C(=O)Nc2cc(C(F)(F)F)ccn2)ccc1-c1nc([C@H]2CN(C3CN(Cc4ccc(F)cc4)C3)[C@@H](C)CO2)n2ccnc(N)c12. The van der Waals surface area contributed by atoms with Gasteiger partial charge in [0.1, 0.15) is 46.3 Å². The van der Waals surface area contributed by atoms with Gasteiger partial charge in [-0.3, -0.25) is 19.0 Å². The second-order valence-corrected chi connectivity index (χ2v) is 12.5. The molecule has 0 saturated carbocycles. The van der Waals surface area contributed by atoms with Crippen LogP contribution in [0.15, 0.2) is 73.2 Å². The second kappa shape index (κ2) is 13.3. The van der Waals surface area contributed by atoms with Crippen LogP contribution in [0.3, 0.4) is 0 Å². The maximum Gasteiger partial charge on any atom is 0.416 e. The lowest BCUT2D eigenvalue weighted by atomic mass is 10.0. The highest BCUT2D eigenvalue weighted by Crippen LogP contribution is 2.38. The number of rotatable bonds is 8. The number of morpholine rings is 1. The molecule has 50 heavy (non-hydrogen) atoms. The molecule has 2 atom stereocenters. The number of amides is 1. The van der Waals surface area contributed by atoms with Crippen molar-refractivity contribution in [2.45, 2.75) is 37.8 Å². The molecule has 0 aliphatic carbocycles. The predicted molar refractivity (Wildman–Crippen MR) is 177 cm³/mol. The summed E-state index contributed by atoms with van der Waals surface area (Å²) < 4.78 is 66.8. The first-order valence-corrected chi connectivity index (χ1v) is 16.0. The zero-order valence-electron chi connectivity index (χ0n) is 27.2. The van der Waals surface area contributed by atoms with E-state index in [-0.39, 0.29) is 29.1 Å². The molecule has 0 unspecified atom stereocenters. The van der Waals surface area contributed by atoms with Gasteiger partial charge in [-0.1, -0.05) is 12.1 Å². The van der Waals surface area contributed by atoms with Crippen LogP contribution in [-0.2, 0) is 17.5 Å². The van der Waals surface area contributed by atoms with Crippen molar-refractivity contribution < 1.29 is 31.8 Å². The number of imidazole rings is 1. The molecule has 5 heterocycles. The number of alkyl halides is 3. The first kappa shape index (κ1) is 33.4. The lowest BCUT2D eigenvalue weighted by Gasteiger charge is -2.50. The molecule has 11 nitrogen and oxygen atoms in total. The van der Waals surface area contributed by atoms with Gasteiger partial charge in [0, 0.05) is 68.0 Å². The van der Waals surface area contributed by atoms with Crippen molar-refractivity contribution in [1.29, 1.82) is 0 Å². The van der Waals surface area contributed by atoms with Crippen LogP contribution in [-0.4, -0.2) is 80.5 Å². The van der Waals surface area contributed by atoms with Crippen molar-refractivity contribution in [3.8, 4) is 17.0 Å². The summed E-state index contributed by atoms with van der Waals surface area (Å²) in [5.74, 6) is -0.00559. The third-order valence-corrected chi connectivity index (χ3v) is 9.15. The third-order valence-electron chi connectivity index (χ3n) is 9.15. The van der Waals surface area contributed by atoms with Crippen molar-refractivity contribution >= 4 is 23.1 Å². The van der Waals surface area contributed by atoms with Gasteiger partial charge in [-0.05, 0) is 55.0 Å². The first-order valence-electron chi connectivity index (χ1n) is 16.0. The molecule has 15 heteroatoms. The molecule has 1 amide bonds. The minimum Gasteiger partial charge on any atom is -0.496 e. The van der Waals surface area contributed by atoms with Gasteiger partial charge in [-0.15, -0.1) is 0 Å². The summed E-state index contributed by atoms with van der Waals surface area (Å²) in [5.41, 5.74) is 8.21. The molecule has 0 bridgehead atoms. The van der Waals surface area contributed by atoms with Crippen molar-refractivity contribution in [3.05, 3.63) is 102 Å². The average molecular weight is 691 g/mol. The summed E-state index contributed by atoms with van der Waals surface area (Å²) in [6, 6.07) is 13.3. The van der Waals surface area contributed by atoms with E-state index in [4.69, 9.17) is 20.2 Å². The number of likely N-dealkylation sites (tertiary alicyclic amines) is 1. The van der Waals surface area contributed by atoms with Gasteiger partial charge in [0.15, 0.2) is 0 Å². The van der Waals surface area contributed by atoms with Crippen molar-refractivity contribution in [2.75, 3.05) is 44.4 Å². The van der Waals surface area contributed by atoms with Gasteiger partial charge in [-0.2, -0.15) is 13.2 Å². The van der Waals surface area contributed by atoms with E-state index in [1.54, 1.807) is 18.5 Å². The Hall–Kier alpha value is -5.12. The van der Waals surface area contributed by atoms with Gasteiger partial charge in [-0.25, -0.2) is 19.3 Å². The minimum absolute atomic E-state index is 0.133. The van der Waals surface area contributed by atoms with Gasteiger partial charge in [0.05, 0.1) is 19.3 Å². The predicted octanol–water partition coefficient (Wildman–Crippen LogP) is 5.44. The van der Waals surface area contributed by atoms with E-state index in [2.05, 4.69) is 32.0 Å². The Bertz CT molecular complexity index is 2030. The van der Waals surface area contributed by atoms with Crippen LogP contribution >= 0.6 is 0 Å². The molecule has 7 rings (SSSR count). The fraction of sp³-hybridized carbons (Fsp3) is 0.314. The first-order chi connectivity index (χ1) is 24.0. The Kier molecular flexibility index (Phi) is 8.88. The molecule has 2 fully saturated rings. The minimum atomic E-state index is -4.58. The van der Waals surface area contributed by atoms with Gasteiger partial charge in [0.2, 0.25) is 0 Å². The van der Waals surface area contributed by atoms with Crippen molar-refractivity contribution in [1.82, 2.24) is 29.2 Å². The molecule has 2 aliphatic heterocycles. The highest BCUT2D eigenvalue weighted by atomic mass is 19.4. The number of halogens is 4. The molecule has 2 aromatic carbocycles. The number of aromatic nitrogens is 4. The molecule has 2 saturated heterocycles. The quantitative estimate of drug-likeness (QED) is 0.205. The Labute approximate surface area is 284 Å². The molecular formula is C35H34F4N8O3. The summed E-state index contributed by atoms with van der Waals surface area (Å²) in [6.07, 6.45) is -0.634. The summed E-state index contributed by atoms with van der Waals surface area (Å²) in [5, 5.41) is 2.42. The number of anilines is 2. The van der Waals surface area contributed by atoms with Crippen LogP contribution in [0.5, 0.6) is 5.75 Å². The summed E-state index contributed by atoms with van der Waals surface area (Å²) in [6.45, 7) is 5.74. The number of pyridine rings is 1. The smallest absolute Gasteiger partial charge is 0.416 e. The fourth-order valence-electron chi connectivity index (χ4n) is 6.56. The fourth-order valence-corrected chi connectivity index (χ4v) is 6.56. The Balaban J connectivity index is 1.12. The highest BCUT2D eigenvalue weighted by molar-refractivity contribution is 6.04. The molecule has 5 aromatic rings. The van der Waals surface area contributed by atoms with E-state index in [1.807, 2.05) is 16.5 Å². The van der Waals surface area contributed by atoms with Crippen LogP contribution < -0.4 is 15.8 Å². The number of ether oxygens (including phenoxy) is 2. The number of benzene rings is 2. The van der Waals surface area contributed by atoms with Crippen LogP contribution in [0.1, 0.15) is 40.3 Å². The number of methoxy groups -OCH3 is 1. The molecule has 3 N–H and O–H groups in total. The van der Waals surface area contributed by atoms with Crippen LogP contribution in [0, 0.1) is 5.82 Å². The number of carbonyl (C=O) groups excluding carboxylic acids is 1. The molecule has 2 aliphatic rings. The van der Waals surface area contributed by atoms with E-state index in [9.17, 15) is 22.4 Å². The number of hydrogen-bond donors (Lipinski definition) is 2. The van der Waals surface area contributed by atoms with Gasteiger partial charge < -0.3 is 20.5 Å². The highest BCUT2D eigenvalue weighted by Gasteiger charge is 2.40. The summed E-state index contributed by atoms with van der Waals surface area (Å²) >= 11 is 0. The maximum atomic E-state index is 13.4. The lowest BCUT2D eigenvalue weighted by molar-refractivity contribution is -0.137. The number of fused-ring (bicyclic) bond motifs is 1. The monoisotopic (exact) mass is 690 g/mol. The Morgan fingerprint density at radius 2 is 1.84 bits per heavy atom. The molecular weight excluding hydrogens is 656 g/mol. The zero-order chi connectivity index (χ0) is 35.2. The number of hydrogen-bond acceptors (Lipinski definition) is 9. The normalized spacial score (nSPS) is 19.0. The largest absolute Gasteiger partial charge is 0.496 e. The summed E-state index contributed by atoms with van der Waals surface area (Å²) in [4.78, 5) is 31.0. The Morgan fingerprint density at radius 3 is 2.58 bits per heavy atom. The number of carbonyl (C=O) groups is 1. The van der Waals surface area contributed by atoms with Gasteiger partial charge >= 0.3 is 6.18 Å². The average Bonchev–Trinajstić information content (AvgIpc) is 3.47. The zero-order valence-corrected chi connectivity index (χ0v) is 27.2. The van der Waals surface area contributed by atoms with E-state index in [0.717, 1.165) is 43.5 Å². The number of nitrogen functional groups attached to an aromatic ring is 1. The van der Waals surface area contributed by atoms with Crippen molar-refractivity contribution in [2.24, 2.45) is 0 Å². The van der Waals surface area contributed by atoms with Crippen LogP contribution in [0.25, 0.3) is 16.8 Å². The van der Waals surface area contributed by atoms with E-state index < -0.39 is 23.8 Å². The summed E-state index contributed by atoms with van der Waals surface area (Å²) in [7, 11) is 1.44. The van der Waals surface area contributed by atoms with E-state index >= 15 is 0 Å². The van der Waals surface area contributed by atoms with E-state index in [0.29, 0.717) is 47.5 Å². The third kappa shape index (κ3) is 6.58.